The Morgan fingerprint density at radius 3 is 2.61 bits per heavy atom. The van der Waals surface area contributed by atoms with Gasteiger partial charge in [-0.1, -0.05) is 23.2 Å². The summed E-state index contributed by atoms with van der Waals surface area (Å²) in [5, 5.41) is 17.6. The van der Waals surface area contributed by atoms with Crippen LogP contribution in [0.5, 0.6) is 5.75 Å². The van der Waals surface area contributed by atoms with Gasteiger partial charge in [0.25, 0.3) is 0 Å². The highest BCUT2D eigenvalue weighted by molar-refractivity contribution is 6.30. The summed E-state index contributed by atoms with van der Waals surface area (Å²) < 4.78 is 5.59. The summed E-state index contributed by atoms with van der Waals surface area (Å²) in [6.07, 6.45) is 4.20. The van der Waals surface area contributed by atoms with E-state index in [-0.39, 0.29) is 5.76 Å². The number of alkyl halides is 1. The summed E-state index contributed by atoms with van der Waals surface area (Å²) in [5.41, 5.74) is 0. The number of halogens is 2. The maximum absolute atomic E-state index is 9.34. The Labute approximate surface area is 115 Å². The van der Waals surface area contributed by atoms with Crippen LogP contribution in [0.1, 0.15) is 0 Å². The second kappa shape index (κ2) is 4.93. The van der Waals surface area contributed by atoms with Gasteiger partial charge in [0, 0.05) is 5.02 Å². The van der Waals surface area contributed by atoms with E-state index in [0.717, 1.165) is 0 Å². The third-order valence-electron chi connectivity index (χ3n) is 2.47. The van der Waals surface area contributed by atoms with Crippen molar-refractivity contribution in [3.05, 3.63) is 53.3 Å². The Balaban J connectivity index is 2.25. The van der Waals surface area contributed by atoms with Gasteiger partial charge in [0.1, 0.15) is 17.4 Å². The van der Waals surface area contributed by atoms with Gasteiger partial charge < -0.3 is 9.84 Å². The fourth-order valence-corrected chi connectivity index (χ4v) is 1.94. The monoisotopic (exact) mass is 281 g/mol. The molecule has 1 aliphatic carbocycles. The van der Waals surface area contributed by atoms with Gasteiger partial charge in [-0.05, 0) is 42.5 Å². The van der Waals surface area contributed by atoms with Crippen LogP contribution in [0.2, 0.25) is 5.02 Å². The van der Waals surface area contributed by atoms with E-state index in [2.05, 4.69) is 0 Å². The van der Waals surface area contributed by atoms with Crippen LogP contribution in [-0.4, -0.2) is 10.2 Å². The molecule has 2 atom stereocenters. The van der Waals surface area contributed by atoms with E-state index in [1.807, 2.05) is 6.07 Å². The SMILES string of the molecule is N#CC1C=C(O)C=CC1(Cl)Oc1ccc(Cl)cc1. The van der Waals surface area contributed by atoms with Crippen molar-refractivity contribution in [2.45, 2.75) is 5.06 Å². The molecule has 2 unspecified atom stereocenters. The molecule has 18 heavy (non-hydrogen) atoms. The Morgan fingerprint density at radius 1 is 1.33 bits per heavy atom. The van der Waals surface area contributed by atoms with Gasteiger partial charge in [0.2, 0.25) is 5.06 Å². The molecule has 0 saturated carbocycles. The Morgan fingerprint density at radius 2 is 2.00 bits per heavy atom. The van der Waals surface area contributed by atoms with Gasteiger partial charge in [-0.25, -0.2) is 0 Å². The predicted octanol–water partition coefficient (Wildman–Crippen LogP) is 3.81. The van der Waals surface area contributed by atoms with Crippen molar-refractivity contribution in [3.8, 4) is 11.8 Å². The van der Waals surface area contributed by atoms with Crippen molar-refractivity contribution in [3.63, 3.8) is 0 Å². The molecule has 1 aromatic rings. The van der Waals surface area contributed by atoms with Crippen LogP contribution in [0.3, 0.4) is 0 Å². The minimum absolute atomic E-state index is 0.00229. The van der Waals surface area contributed by atoms with Gasteiger partial charge in [-0.3, -0.25) is 0 Å². The van der Waals surface area contributed by atoms with Gasteiger partial charge >= 0.3 is 0 Å². The summed E-state index contributed by atoms with van der Waals surface area (Å²) in [6, 6.07) is 8.64. The lowest BCUT2D eigenvalue weighted by Gasteiger charge is -2.29. The highest BCUT2D eigenvalue weighted by Gasteiger charge is 2.38. The van der Waals surface area contributed by atoms with Crippen LogP contribution in [0.15, 0.2) is 48.3 Å². The highest BCUT2D eigenvalue weighted by atomic mass is 35.5. The molecule has 1 N–H and O–H groups in total. The van der Waals surface area contributed by atoms with Crippen LogP contribution in [0.25, 0.3) is 0 Å². The molecule has 0 bridgehead atoms. The number of aliphatic hydroxyl groups excluding tert-OH is 1. The zero-order valence-electron chi connectivity index (χ0n) is 9.18. The molecule has 92 valence electrons. The average molecular weight is 282 g/mol. The quantitative estimate of drug-likeness (QED) is 0.839. The molecule has 3 nitrogen and oxygen atoms in total. The molecule has 0 heterocycles. The van der Waals surface area contributed by atoms with E-state index >= 15 is 0 Å². The first-order chi connectivity index (χ1) is 8.53. The minimum atomic E-state index is -1.32. The van der Waals surface area contributed by atoms with Gasteiger partial charge in [0.15, 0.2) is 0 Å². The zero-order chi connectivity index (χ0) is 13.2. The molecule has 2 rings (SSSR count). The average Bonchev–Trinajstić information content (AvgIpc) is 2.35. The van der Waals surface area contributed by atoms with Crippen molar-refractivity contribution < 1.29 is 9.84 Å². The first-order valence-corrected chi connectivity index (χ1v) is 5.92. The van der Waals surface area contributed by atoms with Gasteiger partial charge in [-0.2, -0.15) is 5.26 Å². The van der Waals surface area contributed by atoms with Crippen LogP contribution < -0.4 is 4.74 Å². The first-order valence-electron chi connectivity index (χ1n) is 5.16. The molecule has 0 saturated heterocycles. The standard InChI is InChI=1S/C13H9Cl2NO2/c14-10-1-3-12(4-2-10)18-13(15)6-5-11(17)7-9(13)8-16/h1-7,9,17H. The van der Waals surface area contributed by atoms with Crippen LogP contribution >= 0.6 is 23.2 Å². The first kappa shape index (κ1) is 12.8. The number of hydrogen-bond acceptors (Lipinski definition) is 3. The minimum Gasteiger partial charge on any atom is -0.508 e. The predicted molar refractivity (Wildman–Crippen MR) is 69.6 cm³/mol. The summed E-state index contributed by atoms with van der Waals surface area (Å²) in [6.45, 7) is 0. The Kier molecular flexibility index (Phi) is 3.51. The molecule has 1 aromatic carbocycles. The van der Waals surface area contributed by atoms with Crippen molar-refractivity contribution in [2.24, 2.45) is 5.92 Å². The second-order valence-corrected chi connectivity index (χ2v) is 4.81. The maximum Gasteiger partial charge on any atom is 0.221 e. The Hall–Kier alpha value is -1.63. The summed E-state index contributed by atoms with van der Waals surface area (Å²) >= 11 is 12.0. The number of allylic oxidation sites excluding steroid dienone is 1. The molecule has 0 radical (unpaired) electrons. The van der Waals surface area contributed by atoms with E-state index in [0.29, 0.717) is 10.8 Å². The summed E-state index contributed by atoms with van der Waals surface area (Å²) in [5.74, 6) is -0.286. The maximum atomic E-state index is 9.34. The fraction of sp³-hybridized carbons (Fsp3) is 0.154. The van der Waals surface area contributed by atoms with Crippen molar-refractivity contribution in [1.82, 2.24) is 0 Å². The van der Waals surface area contributed by atoms with E-state index < -0.39 is 11.0 Å². The number of aliphatic hydroxyl groups is 1. The lowest BCUT2D eigenvalue weighted by atomic mass is 9.97. The number of rotatable bonds is 2. The number of benzene rings is 1. The number of nitrogens with zero attached hydrogens (tertiary/aromatic N) is 1. The zero-order valence-corrected chi connectivity index (χ0v) is 10.7. The van der Waals surface area contributed by atoms with Crippen LogP contribution in [0.4, 0.5) is 0 Å². The lowest BCUT2D eigenvalue weighted by molar-refractivity contribution is 0.177. The summed E-state index contributed by atoms with van der Waals surface area (Å²) in [4.78, 5) is 0. The normalized spacial score (nSPS) is 26.3. The van der Waals surface area contributed by atoms with Crippen molar-refractivity contribution in [2.75, 3.05) is 0 Å². The van der Waals surface area contributed by atoms with Crippen LogP contribution in [0, 0.1) is 17.2 Å². The molecule has 0 fully saturated rings. The highest BCUT2D eigenvalue weighted by Crippen LogP contribution is 2.35. The van der Waals surface area contributed by atoms with Gasteiger partial charge in [0.05, 0.1) is 6.07 Å². The fourth-order valence-electron chi connectivity index (χ4n) is 1.55. The number of nitriles is 1. The molecule has 5 heteroatoms. The summed E-state index contributed by atoms with van der Waals surface area (Å²) in [7, 11) is 0. The number of hydrogen-bond donors (Lipinski definition) is 1. The smallest absolute Gasteiger partial charge is 0.221 e. The second-order valence-electron chi connectivity index (χ2n) is 3.79. The van der Waals surface area contributed by atoms with E-state index in [9.17, 15) is 5.11 Å². The molecular weight excluding hydrogens is 273 g/mol. The van der Waals surface area contributed by atoms with E-state index in [1.54, 1.807) is 24.3 Å². The largest absolute Gasteiger partial charge is 0.508 e. The third-order valence-corrected chi connectivity index (χ3v) is 3.16. The Bertz CT molecular complexity index is 545. The van der Waals surface area contributed by atoms with Crippen molar-refractivity contribution in [1.29, 1.82) is 5.26 Å². The molecule has 0 spiro atoms. The van der Waals surface area contributed by atoms with E-state index in [4.69, 9.17) is 33.2 Å². The van der Waals surface area contributed by atoms with Crippen LogP contribution in [-0.2, 0) is 0 Å². The van der Waals surface area contributed by atoms with Crippen molar-refractivity contribution >= 4 is 23.2 Å². The molecule has 1 aliphatic rings. The molecule has 0 aromatic heterocycles. The molecular formula is C13H9Cl2NO2. The van der Waals surface area contributed by atoms with E-state index in [1.165, 1.54) is 18.2 Å². The molecule has 0 amide bonds. The van der Waals surface area contributed by atoms with Gasteiger partial charge in [-0.15, -0.1) is 0 Å². The third kappa shape index (κ3) is 2.61. The molecule has 0 aliphatic heterocycles. The lowest BCUT2D eigenvalue weighted by Crippen LogP contribution is -2.36. The number of ether oxygens (including phenoxy) is 1. The topological polar surface area (TPSA) is 53.2 Å².